The lowest BCUT2D eigenvalue weighted by Gasteiger charge is -2.23. The molecule has 28 heavy (non-hydrogen) atoms. The number of para-hydroxylation sites is 1. The normalized spacial score (nSPS) is 11.2. The quantitative estimate of drug-likeness (QED) is 0.481. The summed E-state index contributed by atoms with van der Waals surface area (Å²) < 4.78 is 21.8. The summed E-state index contributed by atoms with van der Waals surface area (Å²) in [6, 6.07) is 14.8. The highest BCUT2D eigenvalue weighted by molar-refractivity contribution is 5.89. The van der Waals surface area contributed by atoms with E-state index in [1.54, 1.807) is 18.2 Å². The first-order valence-corrected chi connectivity index (χ1v) is 8.84. The lowest BCUT2D eigenvalue weighted by molar-refractivity contribution is -0.147. The number of hydrogen-bond acceptors (Lipinski definition) is 6. The summed E-state index contributed by atoms with van der Waals surface area (Å²) in [5.41, 5.74) is 1.39. The van der Waals surface area contributed by atoms with Crippen LogP contribution in [0.5, 0.6) is 11.5 Å². The molecule has 2 rings (SSSR count). The van der Waals surface area contributed by atoms with E-state index in [2.05, 4.69) is 6.58 Å². The molecule has 0 bridgehead atoms. The van der Waals surface area contributed by atoms with Crippen molar-refractivity contribution < 1.29 is 28.5 Å². The fraction of sp³-hybridized carbons (Fsp3) is 0.273. The minimum Gasteiger partial charge on any atom is -0.490 e. The van der Waals surface area contributed by atoms with E-state index in [0.29, 0.717) is 23.7 Å². The summed E-state index contributed by atoms with van der Waals surface area (Å²) in [5.74, 6) is -0.386. The topological polar surface area (TPSA) is 71.1 Å². The first-order valence-electron chi connectivity index (χ1n) is 8.84. The number of carbonyl (C=O) groups excluding carboxylic acids is 2. The second-order valence-corrected chi connectivity index (χ2v) is 5.89. The van der Waals surface area contributed by atoms with Crippen LogP contribution in [0.4, 0.5) is 0 Å². The van der Waals surface area contributed by atoms with Gasteiger partial charge in [0.05, 0.1) is 19.3 Å². The van der Waals surface area contributed by atoms with E-state index in [-0.39, 0.29) is 12.2 Å². The standard InChI is InChI=1S/C22H24O6/c1-5-26-19-13-9-12-18(20(28-16(3)23)15(2)22(24)25-4)21(19)27-14-17-10-7-6-8-11-17/h6-13,20H,2,5,14H2,1,3-4H3. The van der Waals surface area contributed by atoms with Crippen molar-refractivity contribution >= 4 is 11.9 Å². The van der Waals surface area contributed by atoms with Crippen LogP contribution in [-0.4, -0.2) is 25.7 Å². The molecule has 0 aliphatic rings. The van der Waals surface area contributed by atoms with E-state index in [1.165, 1.54) is 14.0 Å². The molecule has 6 nitrogen and oxygen atoms in total. The second kappa shape index (κ2) is 10.2. The van der Waals surface area contributed by atoms with Gasteiger partial charge in [0.2, 0.25) is 0 Å². The summed E-state index contributed by atoms with van der Waals surface area (Å²) in [4.78, 5) is 23.7. The fourth-order valence-electron chi connectivity index (χ4n) is 2.62. The Kier molecular flexibility index (Phi) is 7.63. The van der Waals surface area contributed by atoms with Crippen LogP contribution in [-0.2, 0) is 25.7 Å². The fourth-order valence-corrected chi connectivity index (χ4v) is 2.62. The van der Waals surface area contributed by atoms with Gasteiger partial charge in [-0.3, -0.25) is 4.79 Å². The van der Waals surface area contributed by atoms with E-state index >= 15 is 0 Å². The Morgan fingerprint density at radius 2 is 1.75 bits per heavy atom. The number of ether oxygens (including phenoxy) is 4. The van der Waals surface area contributed by atoms with E-state index in [9.17, 15) is 9.59 Å². The number of carbonyl (C=O) groups is 2. The maximum Gasteiger partial charge on any atom is 0.337 e. The van der Waals surface area contributed by atoms with Gasteiger partial charge >= 0.3 is 11.9 Å². The van der Waals surface area contributed by atoms with Crippen LogP contribution >= 0.6 is 0 Å². The molecule has 0 N–H and O–H groups in total. The first kappa shape index (κ1) is 21.0. The zero-order valence-corrected chi connectivity index (χ0v) is 16.3. The van der Waals surface area contributed by atoms with Crippen molar-refractivity contribution in [2.45, 2.75) is 26.6 Å². The van der Waals surface area contributed by atoms with Crippen LogP contribution in [0.15, 0.2) is 60.7 Å². The lowest BCUT2D eigenvalue weighted by atomic mass is 10.0. The van der Waals surface area contributed by atoms with E-state index < -0.39 is 18.0 Å². The monoisotopic (exact) mass is 384 g/mol. The van der Waals surface area contributed by atoms with Gasteiger partial charge in [-0.05, 0) is 18.6 Å². The van der Waals surface area contributed by atoms with Gasteiger partial charge in [0.1, 0.15) is 6.61 Å². The van der Waals surface area contributed by atoms with E-state index in [4.69, 9.17) is 18.9 Å². The van der Waals surface area contributed by atoms with Crippen molar-refractivity contribution in [2.24, 2.45) is 0 Å². The maximum atomic E-state index is 12.0. The van der Waals surface area contributed by atoms with Crippen LogP contribution in [0, 0.1) is 0 Å². The molecule has 148 valence electrons. The molecule has 0 radical (unpaired) electrons. The highest BCUT2D eigenvalue weighted by Crippen LogP contribution is 2.40. The molecule has 0 amide bonds. The molecule has 1 atom stereocenters. The first-order chi connectivity index (χ1) is 13.5. The van der Waals surface area contributed by atoms with Crippen LogP contribution in [0.2, 0.25) is 0 Å². The van der Waals surface area contributed by atoms with Gasteiger partial charge in [-0.15, -0.1) is 0 Å². The molecule has 0 heterocycles. The van der Waals surface area contributed by atoms with Gasteiger partial charge < -0.3 is 18.9 Å². The number of hydrogen-bond donors (Lipinski definition) is 0. The number of benzene rings is 2. The third-order valence-electron chi connectivity index (χ3n) is 3.87. The van der Waals surface area contributed by atoms with Crippen LogP contribution in [0.3, 0.4) is 0 Å². The Morgan fingerprint density at radius 1 is 1.04 bits per heavy atom. The molecular weight excluding hydrogens is 360 g/mol. The van der Waals surface area contributed by atoms with Gasteiger partial charge in [-0.2, -0.15) is 0 Å². The number of rotatable bonds is 9. The highest BCUT2D eigenvalue weighted by Gasteiger charge is 2.29. The van der Waals surface area contributed by atoms with Gasteiger partial charge in [0.25, 0.3) is 0 Å². The van der Waals surface area contributed by atoms with Crippen molar-refractivity contribution in [3.05, 3.63) is 71.8 Å². The SMILES string of the molecule is C=C(C(=O)OC)C(OC(C)=O)c1cccc(OCC)c1OCc1ccccc1. The van der Waals surface area contributed by atoms with E-state index in [1.807, 2.05) is 37.3 Å². The van der Waals surface area contributed by atoms with Crippen molar-refractivity contribution in [2.75, 3.05) is 13.7 Å². The molecule has 0 spiro atoms. The highest BCUT2D eigenvalue weighted by atomic mass is 16.6. The second-order valence-electron chi connectivity index (χ2n) is 5.89. The third-order valence-corrected chi connectivity index (χ3v) is 3.87. The van der Waals surface area contributed by atoms with Gasteiger partial charge in [0.15, 0.2) is 17.6 Å². The van der Waals surface area contributed by atoms with Crippen molar-refractivity contribution in [3.8, 4) is 11.5 Å². The molecule has 0 fully saturated rings. The van der Waals surface area contributed by atoms with Crippen molar-refractivity contribution in [1.29, 1.82) is 0 Å². The molecule has 6 heteroatoms. The average Bonchev–Trinajstić information content (AvgIpc) is 2.70. The third kappa shape index (κ3) is 5.36. The summed E-state index contributed by atoms with van der Waals surface area (Å²) in [6.07, 6.45) is -1.06. The zero-order chi connectivity index (χ0) is 20.5. The Labute approximate surface area is 164 Å². The molecule has 2 aromatic rings. The van der Waals surface area contributed by atoms with E-state index in [0.717, 1.165) is 5.56 Å². The Morgan fingerprint density at radius 3 is 2.36 bits per heavy atom. The largest absolute Gasteiger partial charge is 0.490 e. The lowest BCUT2D eigenvalue weighted by Crippen LogP contribution is -2.18. The maximum absolute atomic E-state index is 12.0. The Balaban J connectivity index is 2.46. The zero-order valence-electron chi connectivity index (χ0n) is 16.3. The number of methoxy groups -OCH3 is 1. The molecule has 2 aromatic carbocycles. The van der Waals surface area contributed by atoms with Crippen LogP contribution in [0.1, 0.15) is 31.1 Å². The number of esters is 2. The van der Waals surface area contributed by atoms with Gasteiger partial charge in [-0.1, -0.05) is 49.0 Å². The summed E-state index contributed by atoms with van der Waals surface area (Å²) >= 11 is 0. The molecule has 1 unspecified atom stereocenters. The van der Waals surface area contributed by atoms with Crippen LogP contribution in [0.25, 0.3) is 0 Å². The molecule has 0 aromatic heterocycles. The average molecular weight is 384 g/mol. The molecule has 0 aliphatic carbocycles. The minimum absolute atomic E-state index is 0.0177. The molecule has 0 aliphatic heterocycles. The van der Waals surface area contributed by atoms with Crippen LogP contribution < -0.4 is 9.47 Å². The Hall–Kier alpha value is -3.28. The van der Waals surface area contributed by atoms with Crippen molar-refractivity contribution in [3.63, 3.8) is 0 Å². The summed E-state index contributed by atoms with van der Waals surface area (Å²) in [5, 5.41) is 0. The van der Waals surface area contributed by atoms with Gasteiger partial charge in [-0.25, -0.2) is 4.79 Å². The molecule has 0 saturated carbocycles. The summed E-state index contributed by atoms with van der Waals surface area (Å²) in [6.45, 7) is 7.54. The minimum atomic E-state index is -1.06. The molecular formula is C22H24O6. The Bertz CT molecular complexity index is 828. The van der Waals surface area contributed by atoms with Gasteiger partial charge in [0, 0.05) is 12.5 Å². The predicted molar refractivity (Wildman–Crippen MR) is 104 cm³/mol. The summed E-state index contributed by atoms with van der Waals surface area (Å²) in [7, 11) is 1.24. The predicted octanol–water partition coefficient (Wildman–Crippen LogP) is 4.00. The molecule has 0 saturated heterocycles. The smallest absolute Gasteiger partial charge is 0.337 e. The van der Waals surface area contributed by atoms with Crippen molar-refractivity contribution in [1.82, 2.24) is 0 Å².